The Morgan fingerprint density at radius 2 is 1.78 bits per heavy atom. The van der Waals surface area contributed by atoms with E-state index in [9.17, 15) is 13.2 Å². The van der Waals surface area contributed by atoms with E-state index in [4.69, 9.17) is 4.74 Å². The molecule has 0 saturated heterocycles. The number of methoxy groups -OCH3 is 2. The fourth-order valence-electron chi connectivity index (χ4n) is 1.39. The molecule has 0 amide bonds. The van der Waals surface area contributed by atoms with Gasteiger partial charge in [0, 0.05) is 7.11 Å². The fraction of sp³-hybridized carbons (Fsp3) is 0.417. The van der Waals surface area contributed by atoms with Gasteiger partial charge in [0.25, 0.3) is 0 Å². The third-order valence-electron chi connectivity index (χ3n) is 2.36. The Balaban J connectivity index is 2.72. The molecule has 0 bridgehead atoms. The van der Waals surface area contributed by atoms with Crippen LogP contribution in [0.25, 0.3) is 0 Å². The zero-order chi connectivity index (χ0) is 13.6. The van der Waals surface area contributed by atoms with Crippen molar-refractivity contribution in [3.8, 4) is 0 Å². The predicted octanol–water partition coefficient (Wildman–Crippen LogP) is 1.03. The highest BCUT2D eigenvalue weighted by Crippen LogP contribution is 2.10. The van der Waals surface area contributed by atoms with E-state index in [1.165, 1.54) is 14.2 Å². The van der Waals surface area contributed by atoms with Gasteiger partial charge in [0.15, 0.2) is 9.84 Å². The number of carbonyl (C=O) groups is 1. The van der Waals surface area contributed by atoms with Gasteiger partial charge in [-0.1, -0.05) is 12.1 Å². The minimum atomic E-state index is -3.18. The van der Waals surface area contributed by atoms with Crippen molar-refractivity contribution in [2.75, 3.05) is 26.6 Å². The van der Waals surface area contributed by atoms with Crippen LogP contribution in [0.2, 0.25) is 0 Å². The van der Waals surface area contributed by atoms with E-state index in [1.807, 2.05) is 0 Å². The fourth-order valence-corrected chi connectivity index (χ4v) is 2.66. The Hall–Kier alpha value is -1.40. The first kappa shape index (κ1) is 14.7. The summed E-state index contributed by atoms with van der Waals surface area (Å²) in [4.78, 5) is 11.2. The topological polar surface area (TPSA) is 69.7 Å². The molecule has 0 N–H and O–H groups in total. The van der Waals surface area contributed by atoms with Crippen molar-refractivity contribution in [2.45, 2.75) is 5.75 Å². The average Bonchev–Trinajstić information content (AvgIpc) is 2.36. The van der Waals surface area contributed by atoms with Crippen LogP contribution in [0.3, 0.4) is 0 Å². The first-order valence-corrected chi connectivity index (χ1v) is 7.17. The normalized spacial score (nSPS) is 11.2. The molecular formula is C12H16O5S. The van der Waals surface area contributed by atoms with Gasteiger partial charge in [-0.25, -0.2) is 13.2 Å². The van der Waals surface area contributed by atoms with Crippen molar-refractivity contribution in [3.63, 3.8) is 0 Å². The monoisotopic (exact) mass is 272 g/mol. The van der Waals surface area contributed by atoms with Crippen LogP contribution in [0, 0.1) is 0 Å². The summed E-state index contributed by atoms with van der Waals surface area (Å²) in [6.45, 7) is 0.183. The van der Waals surface area contributed by atoms with E-state index in [1.54, 1.807) is 24.3 Å². The molecule has 0 aromatic heterocycles. The van der Waals surface area contributed by atoms with E-state index >= 15 is 0 Å². The summed E-state index contributed by atoms with van der Waals surface area (Å²) in [7, 11) is -0.421. The van der Waals surface area contributed by atoms with Gasteiger partial charge >= 0.3 is 5.97 Å². The van der Waals surface area contributed by atoms with Crippen molar-refractivity contribution in [1.29, 1.82) is 0 Å². The van der Waals surface area contributed by atoms with Crippen molar-refractivity contribution in [1.82, 2.24) is 0 Å². The summed E-state index contributed by atoms with van der Waals surface area (Å²) >= 11 is 0. The van der Waals surface area contributed by atoms with Crippen LogP contribution in [0.5, 0.6) is 0 Å². The van der Waals surface area contributed by atoms with Crippen LogP contribution in [0.4, 0.5) is 0 Å². The minimum Gasteiger partial charge on any atom is -0.465 e. The maximum absolute atomic E-state index is 11.7. The molecular weight excluding hydrogens is 256 g/mol. The molecule has 0 aliphatic rings. The van der Waals surface area contributed by atoms with Crippen LogP contribution in [-0.2, 0) is 25.1 Å². The van der Waals surface area contributed by atoms with E-state index in [0.717, 1.165) is 0 Å². The Kier molecular flexibility index (Phi) is 5.30. The van der Waals surface area contributed by atoms with Crippen LogP contribution < -0.4 is 0 Å². The van der Waals surface area contributed by atoms with Gasteiger partial charge in [-0.05, 0) is 17.7 Å². The molecule has 0 radical (unpaired) electrons. The molecule has 0 fully saturated rings. The highest BCUT2D eigenvalue weighted by molar-refractivity contribution is 7.90. The lowest BCUT2D eigenvalue weighted by molar-refractivity contribution is 0.0600. The molecule has 18 heavy (non-hydrogen) atoms. The van der Waals surface area contributed by atoms with Gasteiger partial charge < -0.3 is 9.47 Å². The zero-order valence-electron chi connectivity index (χ0n) is 10.4. The van der Waals surface area contributed by atoms with Gasteiger partial charge in [-0.2, -0.15) is 0 Å². The highest BCUT2D eigenvalue weighted by atomic mass is 32.2. The molecule has 0 spiro atoms. The summed E-state index contributed by atoms with van der Waals surface area (Å²) in [5.74, 6) is -0.510. The van der Waals surface area contributed by atoms with Crippen LogP contribution in [0.15, 0.2) is 24.3 Å². The summed E-state index contributed by atoms with van der Waals surface area (Å²) in [6, 6.07) is 6.31. The number of esters is 1. The maximum Gasteiger partial charge on any atom is 0.337 e. The van der Waals surface area contributed by atoms with E-state index in [2.05, 4.69) is 4.74 Å². The van der Waals surface area contributed by atoms with E-state index < -0.39 is 15.8 Å². The van der Waals surface area contributed by atoms with Crippen molar-refractivity contribution in [2.24, 2.45) is 0 Å². The molecule has 5 nitrogen and oxygen atoms in total. The molecule has 1 rings (SSSR count). The van der Waals surface area contributed by atoms with E-state index in [-0.39, 0.29) is 18.1 Å². The maximum atomic E-state index is 11.7. The van der Waals surface area contributed by atoms with Crippen LogP contribution in [0.1, 0.15) is 15.9 Å². The molecule has 6 heteroatoms. The number of benzene rings is 1. The average molecular weight is 272 g/mol. The Morgan fingerprint density at radius 3 is 2.28 bits per heavy atom. The summed E-state index contributed by atoms with van der Waals surface area (Å²) < 4.78 is 32.6. The van der Waals surface area contributed by atoms with Crippen molar-refractivity contribution < 1.29 is 22.7 Å². The lowest BCUT2D eigenvalue weighted by Gasteiger charge is -2.05. The minimum absolute atomic E-state index is 0.0117. The quantitative estimate of drug-likeness (QED) is 0.723. The summed E-state index contributed by atoms with van der Waals surface area (Å²) in [5, 5.41) is 0. The smallest absolute Gasteiger partial charge is 0.337 e. The summed E-state index contributed by atoms with van der Waals surface area (Å²) in [5.41, 5.74) is 1.04. The van der Waals surface area contributed by atoms with Crippen LogP contribution in [-0.4, -0.2) is 41.0 Å². The second-order valence-corrected chi connectivity index (χ2v) is 5.96. The van der Waals surface area contributed by atoms with Gasteiger partial charge in [0.2, 0.25) is 0 Å². The van der Waals surface area contributed by atoms with Crippen molar-refractivity contribution in [3.05, 3.63) is 35.4 Å². The number of hydrogen-bond acceptors (Lipinski definition) is 5. The zero-order valence-corrected chi connectivity index (χ0v) is 11.2. The first-order valence-electron chi connectivity index (χ1n) is 5.35. The molecule has 1 aromatic rings. The molecule has 1 aromatic carbocycles. The molecule has 0 atom stereocenters. The van der Waals surface area contributed by atoms with Gasteiger partial charge in [-0.3, -0.25) is 0 Å². The number of sulfone groups is 1. The molecule has 0 saturated carbocycles. The third kappa shape index (κ3) is 4.46. The highest BCUT2D eigenvalue weighted by Gasteiger charge is 2.12. The number of rotatable bonds is 6. The van der Waals surface area contributed by atoms with Gasteiger partial charge in [-0.15, -0.1) is 0 Å². The number of hydrogen-bond donors (Lipinski definition) is 0. The SMILES string of the molecule is COCCS(=O)(=O)Cc1ccc(C(=O)OC)cc1. The van der Waals surface area contributed by atoms with E-state index in [0.29, 0.717) is 11.1 Å². The second-order valence-electron chi connectivity index (χ2n) is 3.77. The third-order valence-corrected chi connectivity index (χ3v) is 3.92. The second kappa shape index (κ2) is 6.51. The Labute approximate surface area is 107 Å². The van der Waals surface area contributed by atoms with Gasteiger partial charge in [0.1, 0.15) is 0 Å². The van der Waals surface area contributed by atoms with Crippen molar-refractivity contribution >= 4 is 15.8 Å². The molecule has 0 aliphatic carbocycles. The lowest BCUT2D eigenvalue weighted by Crippen LogP contribution is -2.13. The number of ether oxygens (including phenoxy) is 2. The molecule has 100 valence electrons. The standard InChI is InChI=1S/C12H16O5S/c1-16-7-8-18(14,15)9-10-3-5-11(6-4-10)12(13)17-2/h3-6H,7-9H2,1-2H3. The predicted molar refractivity (Wildman–Crippen MR) is 67.1 cm³/mol. The summed E-state index contributed by atoms with van der Waals surface area (Å²) in [6.07, 6.45) is 0. The molecule has 0 aliphatic heterocycles. The molecule has 0 heterocycles. The lowest BCUT2D eigenvalue weighted by atomic mass is 10.1. The Morgan fingerprint density at radius 1 is 1.17 bits per heavy atom. The van der Waals surface area contributed by atoms with Gasteiger partial charge in [0.05, 0.1) is 30.8 Å². The Bertz CT molecular complexity index is 490. The van der Waals surface area contributed by atoms with Crippen LogP contribution >= 0.6 is 0 Å². The molecule has 0 unspecified atom stereocenters. The largest absolute Gasteiger partial charge is 0.465 e. The first-order chi connectivity index (χ1) is 8.48. The number of carbonyl (C=O) groups excluding carboxylic acids is 1.